The quantitative estimate of drug-likeness (QED) is 0.881. The summed E-state index contributed by atoms with van der Waals surface area (Å²) in [6.45, 7) is 3.90. The van der Waals surface area contributed by atoms with E-state index in [2.05, 4.69) is 5.32 Å². The van der Waals surface area contributed by atoms with Crippen molar-refractivity contribution >= 4 is 11.9 Å². The number of furan rings is 1. The molecule has 0 saturated carbocycles. The number of amides is 3. The molecular weight excluding hydrogens is 268 g/mol. The zero-order valence-corrected chi connectivity index (χ0v) is 11.9. The molecule has 1 saturated heterocycles. The molecule has 1 N–H and O–H groups in total. The van der Waals surface area contributed by atoms with Gasteiger partial charge in [0.05, 0.1) is 12.8 Å². The maximum Gasteiger partial charge on any atom is 0.325 e. The normalized spacial score (nSPS) is 21.7. The molecule has 3 rings (SSSR count). The molecule has 1 aliphatic heterocycles. The number of hydrogen-bond acceptors (Lipinski definition) is 3. The van der Waals surface area contributed by atoms with E-state index in [1.807, 2.05) is 31.2 Å². The Morgan fingerprint density at radius 1 is 1.19 bits per heavy atom. The first kappa shape index (κ1) is 13.4. The molecule has 0 unspecified atom stereocenters. The lowest BCUT2D eigenvalue weighted by Gasteiger charge is -2.19. The number of nitrogens with one attached hydrogen (secondary N) is 1. The minimum Gasteiger partial charge on any atom is -0.466 e. The van der Waals surface area contributed by atoms with Crippen molar-refractivity contribution in [3.8, 4) is 0 Å². The molecule has 108 valence electrons. The third-order valence-electron chi connectivity index (χ3n) is 3.75. The Bertz CT molecular complexity index is 676. The lowest BCUT2D eigenvalue weighted by molar-refractivity contribution is -0.132. The highest BCUT2D eigenvalue weighted by Gasteiger charge is 2.50. The predicted octanol–water partition coefficient (Wildman–Crippen LogP) is 2.56. The lowest BCUT2D eigenvalue weighted by Crippen LogP contribution is -2.40. The molecule has 2 aromatic rings. The van der Waals surface area contributed by atoms with Gasteiger partial charge in [0.15, 0.2) is 5.54 Å². The van der Waals surface area contributed by atoms with Crippen LogP contribution in [0.3, 0.4) is 0 Å². The highest BCUT2D eigenvalue weighted by molar-refractivity contribution is 6.06. The second-order valence-electron chi connectivity index (χ2n) is 5.41. The van der Waals surface area contributed by atoms with Gasteiger partial charge in [0.2, 0.25) is 0 Å². The van der Waals surface area contributed by atoms with Crippen molar-refractivity contribution in [2.45, 2.75) is 25.9 Å². The monoisotopic (exact) mass is 284 g/mol. The Kier molecular flexibility index (Phi) is 3.05. The minimum atomic E-state index is -1.13. The Labute approximate surface area is 122 Å². The molecule has 1 atom stereocenters. The summed E-state index contributed by atoms with van der Waals surface area (Å²) in [7, 11) is 0. The van der Waals surface area contributed by atoms with Crippen LogP contribution >= 0.6 is 0 Å². The van der Waals surface area contributed by atoms with E-state index in [0.29, 0.717) is 5.76 Å². The maximum absolute atomic E-state index is 12.6. The number of carbonyl (C=O) groups excluding carboxylic acids is 2. The topological polar surface area (TPSA) is 62.6 Å². The van der Waals surface area contributed by atoms with Crippen molar-refractivity contribution in [1.82, 2.24) is 10.2 Å². The van der Waals surface area contributed by atoms with Crippen molar-refractivity contribution in [3.63, 3.8) is 0 Å². The first-order chi connectivity index (χ1) is 10.0. The van der Waals surface area contributed by atoms with Crippen LogP contribution in [0.4, 0.5) is 4.79 Å². The summed E-state index contributed by atoms with van der Waals surface area (Å²) in [6.07, 6.45) is 1.49. The summed E-state index contributed by atoms with van der Waals surface area (Å²) in [5.74, 6) is 0.135. The van der Waals surface area contributed by atoms with Crippen LogP contribution in [0.5, 0.6) is 0 Å². The van der Waals surface area contributed by atoms with E-state index < -0.39 is 11.6 Å². The average Bonchev–Trinajstić information content (AvgIpc) is 3.06. The molecule has 5 nitrogen and oxygen atoms in total. The van der Waals surface area contributed by atoms with Gasteiger partial charge in [-0.15, -0.1) is 0 Å². The number of rotatable bonds is 3. The van der Waals surface area contributed by atoms with Crippen LogP contribution < -0.4 is 5.32 Å². The van der Waals surface area contributed by atoms with Crippen LogP contribution in [-0.4, -0.2) is 16.8 Å². The van der Waals surface area contributed by atoms with E-state index in [9.17, 15) is 9.59 Å². The van der Waals surface area contributed by atoms with Gasteiger partial charge in [0.1, 0.15) is 5.76 Å². The molecule has 0 aliphatic carbocycles. The summed E-state index contributed by atoms with van der Waals surface area (Å²) in [6, 6.07) is 10.7. The summed E-state index contributed by atoms with van der Waals surface area (Å²) >= 11 is 0. The second-order valence-corrected chi connectivity index (χ2v) is 5.41. The molecule has 5 heteroatoms. The number of urea groups is 1. The van der Waals surface area contributed by atoms with Crippen molar-refractivity contribution < 1.29 is 14.0 Å². The number of nitrogens with zero attached hydrogens (tertiary/aromatic N) is 1. The van der Waals surface area contributed by atoms with Crippen LogP contribution in [0.15, 0.2) is 47.1 Å². The highest BCUT2D eigenvalue weighted by atomic mass is 16.3. The predicted molar refractivity (Wildman–Crippen MR) is 76.3 cm³/mol. The van der Waals surface area contributed by atoms with Gasteiger partial charge in [0.25, 0.3) is 5.91 Å². The van der Waals surface area contributed by atoms with Gasteiger partial charge in [-0.3, -0.25) is 9.69 Å². The number of aryl methyl sites for hydroxylation is 1. The van der Waals surface area contributed by atoms with E-state index in [-0.39, 0.29) is 12.5 Å². The van der Waals surface area contributed by atoms with E-state index in [4.69, 9.17) is 4.42 Å². The smallest absolute Gasteiger partial charge is 0.325 e. The van der Waals surface area contributed by atoms with Crippen molar-refractivity contribution in [2.24, 2.45) is 0 Å². The molecular formula is C16H16N2O3. The van der Waals surface area contributed by atoms with Crippen molar-refractivity contribution in [3.05, 3.63) is 59.5 Å². The fraction of sp³-hybridized carbons (Fsp3) is 0.250. The molecule has 1 aliphatic rings. The van der Waals surface area contributed by atoms with E-state index in [1.165, 1.54) is 11.2 Å². The van der Waals surface area contributed by atoms with Crippen LogP contribution in [0.1, 0.15) is 23.8 Å². The van der Waals surface area contributed by atoms with Crippen LogP contribution in [0.2, 0.25) is 0 Å². The third-order valence-corrected chi connectivity index (χ3v) is 3.75. The number of benzene rings is 1. The first-order valence-corrected chi connectivity index (χ1v) is 6.74. The van der Waals surface area contributed by atoms with Crippen LogP contribution in [-0.2, 0) is 16.9 Å². The lowest BCUT2D eigenvalue weighted by atomic mass is 9.99. The molecule has 1 fully saturated rings. The van der Waals surface area contributed by atoms with Crippen LogP contribution in [0, 0.1) is 6.92 Å². The summed E-state index contributed by atoms with van der Waals surface area (Å²) < 4.78 is 5.29. The summed E-state index contributed by atoms with van der Waals surface area (Å²) in [5.41, 5.74) is 0.912. The summed E-state index contributed by atoms with van der Waals surface area (Å²) in [4.78, 5) is 25.9. The van der Waals surface area contributed by atoms with Gasteiger partial charge in [-0.25, -0.2) is 4.79 Å². The highest BCUT2D eigenvalue weighted by Crippen LogP contribution is 2.29. The zero-order valence-electron chi connectivity index (χ0n) is 11.9. The molecule has 0 spiro atoms. The van der Waals surface area contributed by atoms with Crippen molar-refractivity contribution in [1.29, 1.82) is 0 Å². The molecule has 0 radical (unpaired) electrons. The van der Waals surface area contributed by atoms with Crippen molar-refractivity contribution in [2.75, 3.05) is 0 Å². The SMILES string of the molecule is Cc1ccc(CN2C(=O)N[C@@](C)(c3ccco3)C2=O)cc1. The second kappa shape index (κ2) is 4.77. The fourth-order valence-corrected chi connectivity index (χ4v) is 2.45. The minimum absolute atomic E-state index is 0.251. The third kappa shape index (κ3) is 2.20. The number of hydrogen-bond donors (Lipinski definition) is 1. The average molecular weight is 284 g/mol. The molecule has 3 amide bonds. The van der Waals surface area contributed by atoms with Gasteiger partial charge in [0, 0.05) is 0 Å². The summed E-state index contributed by atoms with van der Waals surface area (Å²) in [5, 5.41) is 2.71. The van der Waals surface area contributed by atoms with Gasteiger partial charge < -0.3 is 9.73 Å². The van der Waals surface area contributed by atoms with E-state index in [1.54, 1.807) is 19.1 Å². The first-order valence-electron chi connectivity index (χ1n) is 6.74. The molecule has 2 heterocycles. The van der Waals surface area contributed by atoms with Gasteiger partial charge in [-0.1, -0.05) is 29.8 Å². The Balaban J connectivity index is 1.86. The molecule has 0 bridgehead atoms. The van der Waals surface area contributed by atoms with Crippen LogP contribution in [0.25, 0.3) is 0 Å². The number of carbonyl (C=O) groups is 2. The number of imide groups is 1. The van der Waals surface area contributed by atoms with Gasteiger partial charge in [-0.05, 0) is 31.5 Å². The fourth-order valence-electron chi connectivity index (χ4n) is 2.45. The largest absolute Gasteiger partial charge is 0.466 e. The standard InChI is InChI=1S/C16H16N2O3/c1-11-5-7-12(8-6-11)10-18-14(19)16(2,17-15(18)20)13-4-3-9-21-13/h3-9H,10H2,1-2H3,(H,17,20)/t16-/m0/s1. The van der Waals surface area contributed by atoms with Gasteiger partial charge in [-0.2, -0.15) is 0 Å². The Morgan fingerprint density at radius 2 is 1.90 bits per heavy atom. The van der Waals surface area contributed by atoms with Gasteiger partial charge >= 0.3 is 6.03 Å². The molecule has 1 aromatic heterocycles. The molecule has 1 aromatic carbocycles. The molecule has 21 heavy (non-hydrogen) atoms. The van der Waals surface area contributed by atoms with E-state index >= 15 is 0 Å². The Hall–Kier alpha value is -2.56. The van der Waals surface area contributed by atoms with E-state index in [0.717, 1.165) is 11.1 Å². The Morgan fingerprint density at radius 3 is 2.52 bits per heavy atom. The zero-order chi connectivity index (χ0) is 15.0. The maximum atomic E-state index is 12.6.